The van der Waals surface area contributed by atoms with Crippen molar-refractivity contribution in [2.45, 2.75) is 64.4 Å². The van der Waals surface area contributed by atoms with Gasteiger partial charge in [-0.25, -0.2) is 0 Å². The molecule has 0 aromatic heterocycles. The Morgan fingerprint density at radius 2 is 1.62 bits per heavy atom. The molecule has 1 heterocycles. The number of piperidine rings is 1. The molecule has 1 saturated heterocycles. The summed E-state index contributed by atoms with van der Waals surface area (Å²) < 4.78 is 0. The minimum absolute atomic E-state index is 0.350. The molecule has 16 heavy (non-hydrogen) atoms. The molecule has 2 nitrogen and oxygen atoms in total. The van der Waals surface area contributed by atoms with Gasteiger partial charge in [0.25, 0.3) is 0 Å². The molecular formula is C14H27NO. The third-order valence-electron chi connectivity index (χ3n) is 4.66. The van der Waals surface area contributed by atoms with Gasteiger partial charge in [-0.3, -0.25) is 0 Å². The van der Waals surface area contributed by atoms with Gasteiger partial charge in [-0.05, 0) is 69.4 Å². The van der Waals surface area contributed by atoms with Crippen LogP contribution >= 0.6 is 0 Å². The van der Waals surface area contributed by atoms with Gasteiger partial charge in [0.05, 0.1) is 5.60 Å². The Kier molecular flexibility index (Phi) is 3.60. The van der Waals surface area contributed by atoms with E-state index in [1.54, 1.807) is 0 Å². The average molecular weight is 225 g/mol. The van der Waals surface area contributed by atoms with Crippen molar-refractivity contribution in [3.8, 4) is 0 Å². The van der Waals surface area contributed by atoms with E-state index < -0.39 is 0 Å². The molecule has 2 fully saturated rings. The van der Waals surface area contributed by atoms with Crippen LogP contribution in [0.3, 0.4) is 0 Å². The lowest BCUT2D eigenvalue weighted by molar-refractivity contribution is -0.0207. The van der Waals surface area contributed by atoms with Crippen molar-refractivity contribution >= 4 is 0 Å². The Labute approximate surface area is 99.8 Å². The lowest BCUT2D eigenvalue weighted by Gasteiger charge is -2.40. The van der Waals surface area contributed by atoms with Crippen LogP contribution in [-0.2, 0) is 0 Å². The van der Waals surface area contributed by atoms with E-state index in [1.807, 2.05) is 0 Å². The maximum Gasteiger partial charge on any atom is 0.0674 e. The van der Waals surface area contributed by atoms with Crippen molar-refractivity contribution in [2.75, 3.05) is 13.1 Å². The van der Waals surface area contributed by atoms with Crippen LogP contribution in [0.4, 0.5) is 0 Å². The molecule has 0 unspecified atom stereocenters. The van der Waals surface area contributed by atoms with E-state index in [0.29, 0.717) is 5.41 Å². The molecule has 1 aliphatic heterocycles. The Bertz CT molecular complexity index is 221. The highest BCUT2D eigenvalue weighted by Crippen LogP contribution is 2.41. The molecule has 0 amide bonds. The molecule has 0 aromatic rings. The zero-order chi connectivity index (χ0) is 11.6. The molecule has 0 atom stereocenters. The van der Waals surface area contributed by atoms with Gasteiger partial charge < -0.3 is 10.4 Å². The van der Waals surface area contributed by atoms with Crippen LogP contribution in [0.15, 0.2) is 0 Å². The van der Waals surface area contributed by atoms with Crippen LogP contribution in [0.25, 0.3) is 0 Å². The molecule has 1 aliphatic carbocycles. The molecule has 1 saturated carbocycles. The third-order valence-corrected chi connectivity index (χ3v) is 4.66. The quantitative estimate of drug-likeness (QED) is 0.757. The minimum atomic E-state index is -0.350. The first-order valence-electron chi connectivity index (χ1n) is 6.92. The van der Waals surface area contributed by atoms with Crippen LogP contribution in [0.1, 0.15) is 58.8 Å². The molecule has 0 spiro atoms. The smallest absolute Gasteiger partial charge is 0.0674 e. The van der Waals surface area contributed by atoms with Gasteiger partial charge in [-0.1, -0.05) is 13.8 Å². The fraction of sp³-hybridized carbons (Fsp3) is 1.00. The monoisotopic (exact) mass is 225 g/mol. The van der Waals surface area contributed by atoms with Gasteiger partial charge in [-0.2, -0.15) is 0 Å². The predicted octanol–water partition coefficient (Wildman–Crippen LogP) is 2.71. The number of nitrogens with one attached hydrogen (secondary N) is 1. The first-order chi connectivity index (χ1) is 7.49. The fourth-order valence-electron chi connectivity index (χ4n) is 3.30. The number of hydrogen-bond donors (Lipinski definition) is 2. The molecule has 0 bridgehead atoms. The third kappa shape index (κ3) is 3.21. The topological polar surface area (TPSA) is 32.3 Å². The molecule has 2 N–H and O–H groups in total. The molecular weight excluding hydrogens is 198 g/mol. The van der Waals surface area contributed by atoms with Crippen molar-refractivity contribution < 1.29 is 5.11 Å². The number of aliphatic hydroxyl groups is 1. The van der Waals surface area contributed by atoms with Crippen molar-refractivity contribution in [2.24, 2.45) is 11.3 Å². The second-order valence-corrected chi connectivity index (χ2v) is 6.79. The lowest BCUT2D eigenvalue weighted by Crippen LogP contribution is -2.43. The van der Waals surface area contributed by atoms with Crippen LogP contribution in [0.2, 0.25) is 0 Å². The summed E-state index contributed by atoms with van der Waals surface area (Å²) >= 11 is 0. The highest BCUT2D eigenvalue weighted by molar-refractivity contribution is 4.89. The van der Waals surface area contributed by atoms with Gasteiger partial charge in [-0.15, -0.1) is 0 Å². The molecule has 94 valence electrons. The van der Waals surface area contributed by atoms with Crippen molar-refractivity contribution in [3.63, 3.8) is 0 Å². The van der Waals surface area contributed by atoms with E-state index in [2.05, 4.69) is 19.2 Å². The summed E-state index contributed by atoms with van der Waals surface area (Å²) in [7, 11) is 0. The van der Waals surface area contributed by atoms with E-state index in [0.717, 1.165) is 38.3 Å². The molecule has 2 heteroatoms. The second kappa shape index (κ2) is 4.66. The first-order valence-corrected chi connectivity index (χ1v) is 6.92. The summed E-state index contributed by atoms with van der Waals surface area (Å²) in [6.07, 6.45) is 8.27. The van der Waals surface area contributed by atoms with Crippen molar-refractivity contribution in [3.05, 3.63) is 0 Å². The van der Waals surface area contributed by atoms with Crippen LogP contribution in [0, 0.1) is 11.3 Å². The van der Waals surface area contributed by atoms with E-state index in [9.17, 15) is 5.11 Å². The zero-order valence-corrected chi connectivity index (χ0v) is 10.9. The molecule has 2 aliphatic rings. The largest absolute Gasteiger partial charge is 0.390 e. The minimum Gasteiger partial charge on any atom is -0.390 e. The second-order valence-electron chi connectivity index (χ2n) is 6.79. The van der Waals surface area contributed by atoms with Crippen molar-refractivity contribution in [1.82, 2.24) is 5.32 Å². The van der Waals surface area contributed by atoms with E-state index in [4.69, 9.17) is 0 Å². The van der Waals surface area contributed by atoms with Gasteiger partial charge in [0.1, 0.15) is 0 Å². The van der Waals surface area contributed by atoms with Gasteiger partial charge in [0.15, 0.2) is 0 Å². The maximum atomic E-state index is 10.5. The predicted molar refractivity (Wildman–Crippen MR) is 67.4 cm³/mol. The Morgan fingerprint density at radius 1 is 1.06 bits per heavy atom. The highest BCUT2D eigenvalue weighted by atomic mass is 16.3. The van der Waals surface area contributed by atoms with Crippen molar-refractivity contribution in [1.29, 1.82) is 0 Å². The summed E-state index contributed by atoms with van der Waals surface area (Å²) in [5, 5.41) is 13.8. The standard InChI is InChI=1S/C14H27NO/c1-13(2)5-3-12(4-6-13)11-14(16)7-9-15-10-8-14/h12,15-16H,3-11H2,1-2H3. The SMILES string of the molecule is CC1(C)CCC(CC2(O)CCNCC2)CC1. The maximum absolute atomic E-state index is 10.5. The zero-order valence-electron chi connectivity index (χ0n) is 10.9. The van der Waals surface area contributed by atoms with E-state index in [1.165, 1.54) is 25.7 Å². The Hall–Kier alpha value is -0.0800. The van der Waals surface area contributed by atoms with Gasteiger partial charge in [0.2, 0.25) is 0 Å². The molecule has 2 rings (SSSR count). The first kappa shape index (κ1) is 12.4. The van der Waals surface area contributed by atoms with Crippen LogP contribution < -0.4 is 5.32 Å². The van der Waals surface area contributed by atoms with E-state index in [-0.39, 0.29) is 5.60 Å². The molecule has 0 radical (unpaired) electrons. The summed E-state index contributed by atoms with van der Waals surface area (Å²) in [5.74, 6) is 0.774. The summed E-state index contributed by atoms with van der Waals surface area (Å²) in [6.45, 7) is 6.74. The Balaban J connectivity index is 1.81. The van der Waals surface area contributed by atoms with Crippen LogP contribution in [-0.4, -0.2) is 23.8 Å². The summed E-state index contributed by atoms with van der Waals surface area (Å²) in [6, 6.07) is 0. The molecule has 0 aromatic carbocycles. The van der Waals surface area contributed by atoms with Crippen LogP contribution in [0.5, 0.6) is 0 Å². The normalized spacial score (nSPS) is 30.2. The number of rotatable bonds is 2. The van der Waals surface area contributed by atoms with Gasteiger partial charge in [0, 0.05) is 0 Å². The highest BCUT2D eigenvalue weighted by Gasteiger charge is 2.35. The summed E-state index contributed by atoms with van der Waals surface area (Å²) in [4.78, 5) is 0. The Morgan fingerprint density at radius 3 is 2.19 bits per heavy atom. The fourth-order valence-corrected chi connectivity index (χ4v) is 3.30. The van der Waals surface area contributed by atoms with E-state index >= 15 is 0 Å². The average Bonchev–Trinajstić information content (AvgIpc) is 2.22. The lowest BCUT2D eigenvalue weighted by atomic mass is 9.69. The van der Waals surface area contributed by atoms with Gasteiger partial charge >= 0.3 is 0 Å². The summed E-state index contributed by atoms with van der Waals surface area (Å²) in [5.41, 5.74) is 0.199. The number of hydrogen-bond acceptors (Lipinski definition) is 2.